The van der Waals surface area contributed by atoms with Crippen molar-refractivity contribution in [1.82, 2.24) is 4.90 Å². The summed E-state index contributed by atoms with van der Waals surface area (Å²) in [6.07, 6.45) is 9.08. The van der Waals surface area contributed by atoms with Crippen LogP contribution in [-0.2, 0) is 0 Å². The number of hydrogen-bond acceptors (Lipinski definition) is 2. The van der Waals surface area contributed by atoms with Crippen LogP contribution in [0.3, 0.4) is 0 Å². The highest BCUT2D eigenvalue weighted by atomic mass is 15.1. The second-order valence-corrected chi connectivity index (χ2v) is 6.66. The summed E-state index contributed by atoms with van der Waals surface area (Å²) in [5, 5.41) is 9.00. The molecule has 0 unspecified atom stereocenters. The third-order valence-corrected chi connectivity index (χ3v) is 4.63. The van der Waals surface area contributed by atoms with Gasteiger partial charge in [-0.05, 0) is 71.9 Å². The zero-order valence-electron chi connectivity index (χ0n) is 12.7. The van der Waals surface area contributed by atoms with E-state index < -0.39 is 0 Å². The Hall–Kier alpha value is -0.550. The zero-order chi connectivity index (χ0) is 13.6. The number of rotatable bonds is 6. The molecular weight excluding hydrogens is 220 g/mol. The summed E-state index contributed by atoms with van der Waals surface area (Å²) in [6.45, 7) is 7.55. The molecule has 1 aliphatic carbocycles. The van der Waals surface area contributed by atoms with Crippen molar-refractivity contribution in [2.24, 2.45) is 11.3 Å². The minimum absolute atomic E-state index is 0.152. The fourth-order valence-electron chi connectivity index (χ4n) is 3.00. The minimum Gasteiger partial charge on any atom is -0.303 e. The van der Waals surface area contributed by atoms with Crippen LogP contribution in [0.1, 0.15) is 65.7 Å². The Morgan fingerprint density at radius 2 is 1.83 bits per heavy atom. The van der Waals surface area contributed by atoms with Gasteiger partial charge in [-0.3, -0.25) is 0 Å². The van der Waals surface area contributed by atoms with E-state index in [0.29, 0.717) is 0 Å². The lowest BCUT2D eigenvalue weighted by Gasteiger charge is -2.34. The molecule has 0 N–H and O–H groups in total. The molecule has 1 rings (SSSR count). The van der Waals surface area contributed by atoms with E-state index in [1.807, 2.05) is 13.8 Å². The molecule has 0 aromatic heterocycles. The van der Waals surface area contributed by atoms with Crippen LogP contribution >= 0.6 is 0 Å². The van der Waals surface area contributed by atoms with Crippen LogP contribution in [-0.4, -0.2) is 24.5 Å². The van der Waals surface area contributed by atoms with Crippen LogP contribution < -0.4 is 0 Å². The van der Waals surface area contributed by atoms with E-state index in [1.165, 1.54) is 32.1 Å². The minimum atomic E-state index is -0.152. The molecule has 0 spiro atoms. The molecule has 0 heterocycles. The van der Waals surface area contributed by atoms with Crippen molar-refractivity contribution >= 4 is 0 Å². The average Bonchev–Trinajstić information content (AvgIpc) is 2.38. The first kappa shape index (κ1) is 15.5. The maximum absolute atomic E-state index is 9.00. The Labute approximate surface area is 113 Å². The lowest BCUT2D eigenvalue weighted by Crippen LogP contribution is -2.36. The predicted octanol–water partition coefficient (Wildman–Crippen LogP) is 4.22. The van der Waals surface area contributed by atoms with Gasteiger partial charge in [0.05, 0.1) is 11.5 Å². The molecule has 1 fully saturated rings. The normalized spacial score (nSPS) is 25.1. The molecule has 1 aliphatic rings. The van der Waals surface area contributed by atoms with Crippen LogP contribution in [0.25, 0.3) is 0 Å². The van der Waals surface area contributed by atoms with Crippen molar-refractivity contribution in [3.63, 3.8) is 0 Å². The summed E-state index contributed by atoms with van der Waals surface area (Å²) in [5.74, 6) is 0.979. The van der Waals surface area contributed by atoms with Crippen molar-refractivity contribution in [2.45, 2.75) is 71.8 Å². The highest BCUT2D eigenvalue weighted by Gasteiger charge is 2.23. The van der Waals surface area contributed by atoms with Gasteiger partial charge in [-0.25, -0.2) is 0 Å². The predicted molar refractivity (Wildman–Crippen MR) is 77.3 cm³/mol. The molecule has 0 amide bonds. The number of hydrogen-bond donors (Lipinski definition) is 0. The Morgan fingerprint density at radius 3 is 2.33 bits per heavy atom. The molecule has 0 radical (unpaired) electrons. The second-order valence-electron chi connectivity index (χ2n) is 6.66. The fraction of sp³-hybridized carbons (Fsp3) is 0.938. The molecular formula is C16H30N2. The number of nitrogens with zero attached hydrogens (tertiary/aromatic N) is 2. The highest BCUT2D eigenvalue weighted by molar-refractivity contribution is 4.91. The first-order valence-corrected chi connectivity index (χ1v) is 7.60. The van der Waals surface area contributed by atoms with Gasteiger partial charge >= 0.3 is 0 Å². The lowest BCUT2D eigenvalue weighted by atomic mass is 9.84. The van der Waals surface area contributed by atoms with Gasteiger partial charge in [-0.2, -0.15) is 5.26 Å². The van der Waals surface area contributed by atoms with E-state index in [4.69, 9.17) is 5.26 Å². The monoisotopic (exact) mass is 250 g/mol. The van der Waals surface area contributed by atoms with Gasteiger partial charge in [0.2, 0.25) is 0 Å². The summed E-state index contributed by atoms with van der Waals surface area (Å²) < 4.78 is 0. The third kappa shape index (κ3) is 4.98. The van der Waals surface area contributed by atoms with Gasteiger partial charge in [0.15, 0.2) is 0 Å². The molecule has 1 saturated carbocycles. The first-order valence-electron chi connectivity index (χ1n) is 7.60. The quantitative estimate of drug-likeness (QED) is 0.706. The maximum atomic E-state index is 9.00. The maximum Gasteiger partial charge on any atom is 0.0683 e. The Morgan fingerprint density at radius 1 is 1.22 bits per heavy atom. The van der Waals surface area contributed by atoms with E-state index in [0.717, 1.165) is 31.3 Å². The van der Waals surface area contributed by atoms with Crippen LogP contribution in [0.15, 0.2) is 0 Å². The summed E-state index contributed by atoms with van der Waals surface area (Å²) in [7, 11) is 2.26. The largest absolute Gasteiger partial charge is 0.303 e. The van der Waals surface area contributed by atoms with Crippen molar-refractivity contribution in [3.05, 3.63) is 0 Å². The molecule has 2 heteroatoms. The summed E-state index contributed by atoms with van der Waals surface area (Å²) in [4.78, 5) is 2.53. The van der Waals surface area contributed by atoms with Gasteiger partial charge in [-0.1, -0.05) is 13.3 Å². The third-order valence-electron chi connectivity index (χ3n) is 4.63. The van der Waals surface area contributed by atoms with Gasteiger partial charge in [0.25, 0.3) is 0 Å². The summed E-state index contributed by atoms with van der Waals surface area (Å²) in [5.41, 5.74) is -0.152. The molecule has 0 bridgehead atoms. The summed E-state index contributed by atoms with van der Waals surface area (Å²) >= 11 is 0. The molecule has 2 nitrogen and oxygen atoms in total. The van der Waals surface area contributed by atoms with Crippen LogP contribution in [0.5, 0.6) is 0 Å². The topological polar surface area (TPSA) is 27.0 Å². The van der Waals surface area contributed by atoms with Gasteiger partial charge in [-0.15, -0.1) is 0 Å². The standard InChI is InChI=1S/C16H30N2/c1-5-14-7-9-15(10-8-14)18(4)12-6-11-16(2,3)13-17/h14-15H,5-12H2,1-4H3. The van der Waals surface area contributed by atoms with Crippen LogP contribution in [0.4, 0.5) is 0 Å². The van der Waals surface area contributed by atoms with Gasteiger partial charge in [0, 0.05) is 6.04 Å². The molecule has 0 aromatic rings. The molecule has 0 saturated heterocycles. The molecule has 104 valence electrons. The van der Waals surface area contributed by atoms with Crippen molar-refractivity contribution < 1.29 is 0 Å². The van der Waals surface area contributed by atoms with E-state index in [1.54, 1.807) is 0 Å². The lowest BCUT2D eigenvalue weighted by molar-refractivity contribution is 0.158. The molecule has 0 atom stereocenters. The van der Waals surface area contributed by atoms with E-state index in [-0.39, 0.29) is 5.41 Å². The SMILES string of the molecule is CCC1CCC(N(C)CCCC(C)(C)C#N)CC1. The van der Waals surface area contributed by atoms with E-state index in [2.05, 4.69) is 24.9 Å². The second kappa shape index (κ2) is 7.14. The van der Waals surface area contributed by atoms with Crippen LogP contribution in [0, 0.1) is 22.7 Å². The van der Waals surface area contributed by atoms with E-state index >= 15 is 0 Å². The number of nitriles is 1. The molecule has 18 heavy (non-hydrogen) atoms. The summed E-state index contributed by atoms with van der Waals surface area (Å²) in [6, 6.07) is 3.18. The van der Waals surface area contributed by atoms with Crippen LogP contribution in [0.2, 0.25) is 0 Å². The highest BCUT2D eigenvalue weighted by Crippen LogP contribution is 2.29. The Kier molecular flexibility index (Phi) is 6.15. The van der Waals surface area contributed by atoms with Gasteiger partial charge < -0.3 is 4.90 Å². The Balaban J connectivity index is 2.22. The van der Waals surface area contributed by atoms with Crippen molar-refractivity contribution in [1.29, 1.82) is 5.26 Å². The van der Waals surface area contributed by atoms with Gasteiger partial charge in [0.1, 0.15) is 0 Å². The molecule has 0 aliphatic heterocycles. The average molecular weight is 250 g/mol. The zero-order valence-corrected chi connectivity index (χ0v) is 12.7. The molecule has 0 aromatic carbocycles. The van der Waals surface area contributed by atoms with Crippen molar-refractivity contribution in [2.75, 3.05) is 13.6 Å². The first-order chi connectivity index (χ1) is 8.48. The smallest absolute Gasteiger partial charge is 0.0683 e. The fourth-order valence-corrected chi connectivity index (χ4v) is 3.00. The Bertz CT molecular complexity index is 269. The van der Waals surface area contributed by atoms with Crippen molar-refractivity contribution in [3.8, 4) is 6.07 Å². The van der Waals surface area contributed by atoms with E-state index in [9.17, 15) is 0 Å².